The van der Waals surface area contributed by atoms with Gasteiger partial charge < -0.3 is 4.57 Å². The molecular formula is C7H9OPS. The quantitative estimate of drug-likeness (QED) is 0.446. The first-order chi connectivity index (χ1) is 4.70. The molecule has 0 aliphatic carbocycles. The van der Waals surface area contributed by atoms with Crippen molar-refractivity contribution in [3.63, 3.8) is 0 Å². The van der Waals surface area contributed by atoms with Crippen LogP contribution in [0.3, 0.4) is 0 Å². The zero-order chi connectivity index (χ0) is 7.61. The molecule has 0 amide bonds. The van der Waals surface area contributed by atoms with Gasteiger partial charge in [0.05, 0.1) is 0 Å². The molecule has 0 saturated heterocycles. The molecule has 54 valence electrons. The highest BCUT2D eigenvalue weighted by molar-refractivity contribution is 8.58. The predicted octanol–water partition coefficient (Wildman–Crippen LogP) is 2.40. The second-order valence-corrected chi connectivity index (χ2v) is 7.64. The third-order valence-corrected chi connectivity index (χ3v) is 6.33. The Hall–Kier alpha value is -0.120. The molecule has 0 radical (unpaired) electrons. The van der Waals surface area contributed by atoms with Gasteiger partial charge in [-0.3, -0.25) is 0 Å². The fourth-order valence-electron chi connectivity index (χ4n) is 0.875. The minimum absolute atomic E-state index is 0.110. The Bertz CT molecular complexity index is 238. The zero-order valence-corrected chi connectivity index (χ0v) is 7.49. The van der Waals surface area contributed by atoms with Crippen molar-refractivity contribution in [3.05, 3.63) is 11.9 Å². The van der Waals surface area contributed by atoms with Crippen LogP contribution in [-0.4, -0.2) is 12.4 Å². The molecule has 2 unspecified atom stereocenters. The molecule has 1 nitrogen and oxygen atoms in total. The highest BCUT2D eigenvalue weighted by Gasteiger charge is 2.26. The summed E-state index contributed by atoms with van der Waals surface area (Å²) in [5, 5.41) is 0. The van der Waals surface area contributed by atoms with Gasteiger partial charge in [-0.1, -0.05) is 23.4 Å². The van der Waals surface area contributed by atoms with Crippen LogP contribution in [0.25, 0.3) is 0 Å². The number of rotatable bonds is 1. The summed E-state index contributed by atoms with van der Waals surface area (Å²) < 4.78 is 11.5. The molecule has 1 aliphatic rings. The van der Waals surface area contributed by atoms with E-state index < -0.39 is 6.34 Å². The van der Waals surface area contributed by atoms with Crippen LogP contribution in [0.5, 0.6) is 0 Å². The summed E-state index contributed by atoms with van der Waals surface area (Å²) in [7, 11) is 0. The van der Waals surface area contributed by atoms with Gasteiger partial charge in [0.2, 0.25) is 0 Å². The van der Waals surface area contributed by atoms with Gasteiger partial charge in [-0.05, 0) is 12.1 Å². The topological polar surface area (TPSA) is 17.1 Å². The van der Waals surface area contributed by atoms with Crippen LogP contribution >= 0.6 is 17.7 Å². The zero-order valence-electron chi connectivity index (χ0n) is 5.78. The largest absolute Gasteiger partial charge is 0.308 e. The van der Waals surface area contributed by atoms with E-state index in [2.05, 4.69) is 5.92 Å². The number of hydrogen-bond donors (Lipinski definition) is 0. The molecule has 10 heavy (non-hydrogen) atoms. The number of hydrogen-bond acceptors (Lipinski definition) is 2. The maximum atomic E-state index is 11.5. The normalized spacial score (nSPS) is 37.8. The Labute approximate surface area is 65.4 Å². The van der Waals surface area contributed by atoms with Gasteiger partial charge >= 0.3 is 0 Å². The van der Waals surface area contributed by atoms with E-state index in [-0.39, 0.29) is 5.92 Å². The molecule has 0 aromatic rings. The SMILES string of the molecule is C#CC1C=CP(=O)(SC)C1. The Morgan fingerprint density at radius 2 is 2.60 bits per heavy atom. The lowest BCUT2D eigenvalue weighted by molar-refractivity contribution is 0.590. The summed E-state index contributed by atoms with van der Waals surface area (Å²) in [6.07, 6.45) is 7.54. The van der Waals surface area contributed by atoms with E-state index in [0.29, 0.717) is 6.16 Å². The maximum Gasteiger partial charge on any atom is 0.161 e. The minimum Gasteiger partial charge on any atom is -0.308 e. The van der Waals surface area contributed by atoms with E-state index >= 15 is 0 Å². The van der Waals surface area contributed by atoms with Crippen molar-refractivity contribution in [1.82, 2.24) is 0 Å². The van der Waals surface area contributed by atoms with Crippen molar-refractivity contribution < 1.29 is 4.57 Å². The average molecular weight is 172 g/mol. The van der Waals surface area contributed by atoms with Gasteiger partial charge in [-0.2, -0.15) is 0 Å². The molecule has 3 heteroatoms. The van der Waals surface area contributed by atoms with E-state index in [1.165, 1.54) is 11.4 Å². The van der Waals surface area contributed by atoms with E-state index in [1.54, 1.807) is 5.82 Å². The molecule has 0 fully saturated rings. The Kier molecular flexibility index (Phi) is 2.28. The van der Waals surface area contributed by atoms with Crippen LogP contribution in [0.2, 0.25) is 0 Å². The van der Waals surface area contributed by atoms with Crippen molar-refractivity contribution in [3.8, 4) is 12.3 Å². The second kappa shape index (κ2) is 2.86. The summed E-state index contributed by atoms with van der Waals surface area (Å²) >= 11 is 1.43. The first-order valence-electron chi connectivity index (χ1n) is 3.00. The molecule has 0 aromatic heterocycles. The van der Waals surface area contributed by atoms with Gasteiger partial charge in [0, 0.05) is 12.1 Å². The first kappa shape index (κ1) is 7.98. The summed E-state index contributed by atoms with van der Waals surface area (Å²) in [5.41, 5.74) is 0. The lowest BCUT2D eigenvalue weighted by Gasteiger charge is -2.04. The van der Waals surface area contributed by atoms with Crippen LogP contribution < -0.4 is 0 Å². The third kappa shape index (κ3) is 1.48. The lowest BCUT2D eigenvalue weighted by Crippen LogP contribution is -1.90. The van der Waals surface area contributed by atoms with Crippen LogP contribution in [-0.2, 0) is 4.57 Å². The van der Waals surface area contributed by atoms with Crippen molar-refractivity contribution in [2.75, 3.05) is 12.4 Å². The molecule has 0 saturated carbocycles. The third-order valence-electron chi connectivity index (χ3n) is 1.52. The fourth-order valence-corrected chi connectivity index (χ4v) is 4.02. The van der Waals surface area contributed by atoms with Crippen LogP contribution in [0.4, 0.5) is 0 Å². The monoisotopic (exact) mass is 172 g/mol. The number of terminal acetylenes is 1. The molecule has 1 heterocycles. The van der Waals surface area contributed by atoms with E-state index in [0.717, 1.165) is 0 Å². The van der Waals surface area contributed by atoms with E-state index in [1.807, 2.05) is 12.3 Å². The van der Waals surface area contributed by atoms with Crippen LogP contribution in [0.15, 0.2) is 11.9 Å². The molecule has 1 rings (SSSR count). The molecule has 1 aliphatic heterocycles. The van der Waals surface area contributed by atoms with Gasteiger partial charge in [0.25, 0.3) is 0 Å². The second-order valence-electron chi connectivity index (χ2n) is 2.21. The lowest BCUT2D eigenvalue weighted by atomic mass is 10.2. The van der Waals surface area contributed by atoms with E-state index in [9.17, 15) is 4.57 Å². The highest BCUT2D eigenvalue weighted by atomic mass is 32.7. The highest BCUT2D eigenvalue weighted by Crippen LogP contribution is 2.62. The average Bonchev–Trinajstić information content (AvgIpc) is 2.33. The smallest absolute Gasteiger partial charge is 0.161 e. The van der Waals surface area contributed by atoms with Gasteiger partial charge in [-0.25, -0.2) is 0 Å². The molecule has 0 N–H and O–H groups in total. The van der Waals surface area contributed by atoms with E-state index in [4.69, 9.17) is 6.42 Å². The van der Waals surface area contributed by atoms with Crippen molar-refractivity contribution in [1.29, 1.82) is 0 Å². The van der Waals surface area contributed by atoms with Crippen LogP contribution in [0.1, 0.15) is 0 Å². The van der Waals surface area contributed by atoms with Gasteiger partial charge in [0.15, 0.2) is 6.34 Å². The van der Waals surface area contributed by atoms with Crippen molar-refractivity contribution >= 4 is 17.7 Å². The standard InChI is InChI=1S/C7H9OPS/c1-3-7-4-5-9(8,6-7)10-2/h1,4-5,7H,6H2,2H3. The van der Waals surface area contributed by atoms with Crippen molar-refractivity contribution in [2.24, 2.45) is 5.92 Å². The predicted molar refractivity (Wildman–Crippen MR) is 47.5 cm³/mol. The number of allylic oxidation sites excluding steroid dienone is 1. The van der Waals surface area contributed by atoms with Crippen LogP contribution in [0, 0.1) is 18.3 Å². The molecule has 2 atom stereocenters. The maximum absolute atomic E-state index is 11.5. The Balaban J connectivity index is 2.71. The molecular weight excluding hydrogens is 163 g/mol. The Morgan fingerprint density at radius 3 is 2.90 bits per heavy atom. The van der Waals surface area contributed by atoms with Crippen molar-refractivity contribution in [2.45, 2.75) is 0 Å². The fraction of sp³-hybridized carbons (Fsp3) is 0.429. The minimum atomic E-state index is -2.03. The van der Waals surface area contributed by atoms with Gasteiger partial charge in [-0.15, -0.1) is 6.42 Å². The summed E-state index contributed by atoms with van der Waals surface area (Å²) in [4.78, 5) is 0. The molecule has 0 aromatic carbocycles. The van der Waals surface area contributed by atoms with Gasteiger partial charge in [0.1, 0.15) is 0 Å². The molecule has 0 spiro atoms. The molecule has 0 bridgehead atoms. The summed E-state index contributed by atoms with van der Waals surface area (Å²) in [6.45, 7) is 0. The Morgan fingerprint density at radius 1 is 1.90 bits per heavy atom. The summed E-state index contributed by atoms with van der Waals surface area (Å²) in [5.74, 6) is 4.47. The summed E-state index contributed by atoms with van der Waals surface area (Å²) in [6, 6.07) is 0. The first-order valence-corrected chi connectivity index (χ1v) is 6.79.